The molecule has 1 heterocycles. The van der Waals surface area contributed by atoms with Crippen molar-refractivity contribution in [3.8, 4) is 0 Å². The van der Waals surface area contributed by atoms with E-state index in [0.29, 0.717) is 32.5 Å². The Labute approximate surface area is 89.0 Å². The normalized spacial score (nSPS) is 17.2. The number of piperazine rings is 1. The van der Waals surface area contributed by atoms with E-state index in [1.54, 1.807) is 7.05 Å². The Balaban J connectivity index is 2.40. The smallest absolute Gasteiger partial charge is 0.312 e. The van der Waals surface area contributed by atoms with Gasteiger partial charge in [0.15, 0.2) is 0 Å². The summed E-state index contributed by atoms with van der Waals surface area (Å²) in [7, 11) is 1.62. The van der Waals surface area contributed by atoms with Crippen molar-refractivity contribution in [3.05, 3.63) is 0 Å². The van der Waals surface area contributed by atoms with Crippen molar-refractivity contribution in [2.24, 2.45) is 0 Å². The first-order valence-electron chi connectivity index (χ1n) is 5.06. The van der Waals surface area contributed by atoms with E-state index in [2.05, 4.69) is 0 Å². The molecule has 0 aromatic heterocycles. The zero-order chi connectivity index (χ0) is 11.4. The van der Waals surface area contributed by atoms with Crippen LogP contribution in [0, 0.1) is 0 Å². The molecule has 0 aromatic carbocycles. The van der Waals surface area contributed by atoms with Crippen molar-refractivity contribution in [3.63, 3.8) is 0 Å². The first-order chi connectivity index (χ1) is 7.02. The van der Waals surface area contributed by atoms with Gasteiger partial charge in [0.2, 0.25) is 0 Å². The Morgan fingerprint density at radius 2 is 1.93 bits per heavy atom. The minimum atomic E-state index is -0.455. The highest BCUT2D eigenvalue weighted by molar-refractivity contribution is 6.35. The van der Waals surface area contributed by atoms with E-state index in [9.17, 15) is 14.4 Å². The van der Waals surface area contributed by atoms with Crippen LogP contribution in [0.25, 0.3) is 0 Å². The number of carbonyl (C=O) groups is 3. The van der Waals surface area contributed by atoms with Gasteiger partial charge in [-0.05, 0) is 13.3 Å². The van der Waals surface area contributed by atoms with Crippen LogP contribution in [-0.2, 0) is 14.4 Å². The molecule has 5 heteroatoms. The molecule has 0 atom stereocenters. The second-order valence-electron chi connectivity index (χ2n) is 3.82. The van der Waals surface area contributed by atoms with Crippen LogP contribution in [0.5, 0.6) is 0 Å². The molecule has 0 spiro atoms. The number of ketones is 1. The quantitative estimate of drug-likeness (QED) is 0.599. The van der Waals surface area contributed by atoms with Crippen LogP contribution in [0.15, 0.2) is 0 Å². The number of Topliss-reactive ketones (excluding diaryl/α,β-unsaturated/α-hetero) is 1. The van der Waals surface area contributed by atoms with Crippen molar-refractivity contribution in [1.29, 1.82) is 0 Å². The molecule has 0 radical (unpaired) electrons. The Hall–Kier alpha value is -1.39. The Bertz CT molecular complexity index is 288. The maximum atomic E-state index is 11.5. The molecule has 1 saturated heterocycles. The monoisotopic (exact) mass is 212 g/mol. The molecule has 0 saturated carbocycles. The first kappa shape index (κ1) is 11.7. The summed E-state index contributed by atoms with van der Waals surface area (Å²) >= 11 is 0. The van der Waals surface area contributed by atoms with E-state index in [-0.39, 0.29) is 5.78 Å². The lowest BCUT2D eigenvalue weighted by Gasteiger charge is -2.31. The SMILES string of the molecule is CC(=O)CCCN1CCN(C)C(=O)C1=O. The molecular formula is C10H16N2O3. The lowest BCUT2D eigenvalue weighted by molar-refractivity contribution is -0.155. The summed E-state index contributed by atoms with van der Waals surface area (Å²) < 4.78 is 0. The van der Waals surface area contributed by atoms with Crippen LogP contribution in [0.1, 0.15) is 19.8 Å². The number of hydrogen-bond donors (Lipinski definition) is 0. The van der Waals surface area contributed by atoms with Crippen molar-refractivity contribution >= 4 is 17.6 Å². The third-order valence-corrected chi connectivity index (χ3v) is 2.48. The molecule has 0 aromatic rings. The van der Waals surface area contributed by atoms with Gasteiger partial charge in [0, 0.05) is 33.1 Å². The standard InChI is InChI=1S/C10H16N2O3/c1-8(13)4-3-5-12-7-6-11(2)9(14)10(12)15/h3-7H2,1-2H3. The largest absolute Gasteiger partial charge is 0.336 e. The van der Waals surface area contributed by atoms with Gasteiger partial charge < -0.3 is 14.6 Å². The number of carbonyl (C=O) groups excluding carboxylic acids is 3. The zero-order valence-corrected chi connectivity index (χ0v) is 9.15. The number of rotatable bonds is 4. The summed E-state index contributed by atoms with van der Waals surface area (Å²) in [5.41, 5.74) is 0. The summed E-state index contributed by atoms with van der Waals surface area (Å²) in [6.45, 7) is 3.17. The number of hydrogen-bond acceptors (Lipinski definition) is 3. The molecule has 1 fully saturated rings. The molecule has 0 aliphatic carbocycles. The third kappa shape index (κ3) is 3.04. The molecule has 84 valence electrons. The van der Waals surface area contributed by atoms with Gasteiger partial charge in [-0.3, -0.25) is 9.59 Å². The fraction of sp³-hybridized carbons (Fsp3) is 0.700. The van der Waals surface area contributed by atoms with Gasteiger partial charge in [-0.2, -0.15) is 0 Å². The van der Waals surface area contributed by atoms with Gasteiger partial charge in [-0.25, -0.2) is 0 Å². The van der Waals surface area contributed by atoms with Crippen molar-refractivity contribution < 1.29 is 14.4 Å². The van der Waals surface area contributed by atoms with Crippen molar-refractivity contribution in [2.75, 3.05) is 26.7 Å². The second-order valence-corrected chi connectivity index (χ2v) is 3.82. The van der Waals surface area contributed by atoms with E-state index >= 15 is 0 Å². The van der Waals surface area contributed by atoms with Gasteiger partial charge in [0.05, 0.1) is 0 Å². The number of nitrogens with zero attached hydrogens (tertiary/aromatic N) is 2. The van der Waals surface area contributed by atoms with Crippen LogP contribution in [0.4, 0.5) is 0 Å². The maximum absolute atomic E-state index is 11.5. The highest BCUT2D eigenvalue weighted by Gasteiger charge is 2.29. The average Bonchev–Trinajstić information content (AvgIpc) is 2.18. The number of amides is 2. The molecular weight excluding hydrogens is 196 g/mol. The Kier molecular flexibility index (Phi) is 3.82. The summed E-state index contributed by atoms with van der Waals surface area (Å²) in [4.78, 5) is 36.4. The Morgan fingerprint density at radius 3 is 2.53 bits per heavy atom. The minimum absolute atomic E-state index is 0.114. The lowest BCUT2D eigenvalue weighted by Crippen LogP contribution is -2.52. The van der Waals surface area contributed by atoms with Crippen LogP contribution in [0.3, 0.4) is 0 Å². The Morgan fingerprint density at radius 1 is 1.27 bits per heavy atom. The fourth-order valence-electron chi connectivity index (χ4n) is 1.50. The van der Waals surface area contributed by atoms with Gasteiger partial charge in [-0.15, -0.1) is 0 Å². The van der Waals surface area contributed by atoms with Crippen molar-refractivity contribution in [2.45, 2.75) is 19.8 Å². The van der Waals surface area contributed by atoms with E-state index < -0.39 is 11.8 Å². The van der Waals surface area contributed by atoms with Crippen LogP contribution >= 0.6 is 0 Å². The van der Waals surface area contributed by atoms with Crippen LogP contribution in [0.2, 0.25) is 0 Å². The van der Waals surface area contributed by atoms with E-state index in [1.807, 2.05) is 0 Å². The predicted molar refractivity (Wildman–Crippen MR) is 54.1 cm³/mol. The minimum Gasteiger partial charge on any atom is -0.336 e. The fourth-order valence-corrected chi connectivity index (χ4v) is 1.50. The molecule has 0 bridgehead atoms. The van der Waals surface area contributed by atoms with Gasteiger partial charge in [-0.1, -0.05) is 0 Å². The zero-order valence-electron chi connectivity index (χ0n) is 9.15. The summed E-state index contributed by atoms with van der Waals surface area (Å²) in [5.74, 6) is -0.792. The van der Waals surface area contributed by atoms with Gasteiger partial charge in [0.1, 0.15) is 5.78 Å². The molecule has 1 aliphatic heterocycles. The molecule has 0 N–H and O–H groups in total. The van der Waals surface area contributed by atoms with Crippen LogP contribution < -0.4 is 0 Å². The van der Waals surface area contributed by atoms with E-state index in [0.717, 1.165) is 0 Å². The number of likely N-dealkylation sites (N-methyl/N-ethyl adjacent to an activating group) is 1. The molecule has 1 aliphatic rings. The third-order valence-electron chi connectivity index (χ3n) is 2.48. The predicted octanol–water partition coefficient (Wildman–Crippen LogP) is -0.344. The summed E-state index contributed by atoms with van der Waals surface area (Å²) in [5, 5.41) is 0. The maximum Gasteiger partial charge on any atom is 0.312 e. The first-order valence-corrected chi connectivity index (χ1v) is 5.06. The molecule has 0 unspecified atom stereocenters. The summed E-state index contributed by atoms with van der Waals surface area (Å²) in [6, 6.07) is 0. The molecule has 15 heavy (non-hydrogen) atoms. The molecule has 1 rings (SSSR count). The van der Waals surface area contributed by atoms with Crippen LogP contribution in [-0.4, -0.2) is 54.1 Å². The van der Waals surface area contributed by atoms with Gasteiger partial charge in [0.25, 0.3) is 0 Å². The lowest BCUT2D eigenvalue weighted by atomic mass is 10.2. The molecule has 5 nitrogen and oxygen atoms in total. The topological polar surface area (TPSA) is 57.7 Å². The average molecular weight is 212 g/mol. The van der Waals surface area contributed by atoms with E-state index in [1.165, 1.54) is 16.7 Å². The highest BCUT2D eigenvalue weighted by atomic mass is 16.2. The second kappa shape index (κ2) is 4.91. The van der Waals surface area contributed by atoms with Gasteiger partial charge >= 0.3 is 11.8 Å². The molecule has 2 amide bonds. The highest BCUT2D eigenvalue weighted by Crippen LogP contribution is 2.04. The summed E-state index contributed by atoms with van der Waals surface area (Å²) in [6.07, 6.45) is 1.10. The van der Waals surface area contributed by atoms with E-state index in [4.69, 9.17) is 0 Å². The van der Waals surface area contributed by atoms with Crippen molar-refractivity contribution in [1.82, 2.24) is 9.80 Å².